The largest absolute Gasteiger partial charge is 0.384 e. The van der Waals surface area contributed by atoms with Crippen molar-refractivity contribution in [2.75, 3.05) is 11.9 Å². The van der Waals surface area contributed by atoms with Gasteiger partial charge in [0.05, 0.1) is 22.5 Å². The van der Waals surface area contributed by atoms with Gasteiger partial charge in [0.2, 0.25) is 0 Å². The molecule has 0 aliphatic carbocycles. The Morgan fingerprint density at radius 2 is 2.35 bits per heavy atom. The number of benzene rings is 1. The summed E-state index contributed by atoms with van der Waals surface area (Å²) in [5.74, 6) is 0. The lowest BCUT2D eigenvalue weighted by atomic mass is 10.1. The first kappa shape index (κ1) is 11.6. The van der Waals surface area contributed by atoms with Gasteiger partial charge in [-0.15, -0.1) is 11.3 Å². The second-order valence-electron chi connectivity index (χ2n) is 3.82. The maximum atomic E-state index is 9.03. The fourth-order valence-corrected chi connectivity index (χ4v) is 2.18. The third kappa shape index (κ3) is 3.05. The number of thiazole rings is 1. The number of anilines is 1. The monoisotopic (exact) mass is 243 g/mol. The van der Waals surface area contributed by atoms with Crippen molar-refractivity contribution < 1.29 is 0 Å². The van der Waals surface area contributed by atoms with Crippen LogP contribution in [0.15, 0.2) is 29.1 Å². The van der Waals surface area contributed by atoms with Crippen LogP contribution in [0.3, 0.4) is 0 Å². The highest BCUT2D eigenvalue weighted by atomic mass is 32.1. The van der Waals surface area contributed by atoms with E-state index in [1.165, 1.54) is 0 Å². The van der Waals surface area contributed by atoms with E-state index >= 15 is 0 Å². The SMILES string of the molecule is Cc1ccc(NCCc2cscn2)c(C#N)c1. The Morgan fingerprint density at radius 3 is 3.06 bits per heavy atom. The highest BCUT2D eigenvalue weighted by Crippen LogP contribution is 2.16. The maximum absolute atomic E-state index is 9.03. The average molecular weight is 243 g/mol. The third-order valence-corrected chi connectivity index (χ3v) is 3.11. The maximum Gasteiger partial charge on any atom is 0.101 e. The summed E-state index contributed by atoms with van der Waals surface area (Å²) in [6.07, 6.45) is 0.877. The Labute approximate surface area is 105 Å². The molecule has 1 aromatic heterocycles. The number of nitriles is 1. The minimum Gasteiger partial charge on any atom is -0.384 e. The summed E-state index contributed by atoms with van der Waals surface area (Å²) in [5, 5.41) is 14.3. The number of hydrogen-bond donors (Lipinski definition) is 1. The molecule has 0 radical (unpaired) electrons. The van der Waals surface area contributed by atoms with Crippen LogP contribution >= 0.6 is 11.3 Å². The van der Waals surface area contributed by atoms with E-state index in [-0.39, 0.29) is 0 Å². The van der Waals surface area contributed by atoms with E-state index in [0.717, 1.165) is 29.9 Å². The summed E-state index contributed by atoms with van der Waals surface area (Å²) >= 11 is 1.60. The average Bonchev–Trinajstić information content (AvgIpc) is 2.84. The minimum atomic E-state index is 0.697. The van der Waals surface area contributed by atoms with Crippen LogP contribution in [0, 0.1) is 18.3 Å². The van der Waals surface area contributed by atoms with Crippen LogP contribution in [0.4, 0.5) is 5.69 Å². The van der Waals surface area contributed by atoms with Gasteiger partial charge >= 0.3 is 0 Å². The van der Waals surface area contributed by atoms with Gasteiger partial charge in [0.1, 0.15) is 6.07 Å². The number of nitrogens with zero attached hydrogens (tertiary/aromatic N) is 2. The smallest absolute Gasteiger partial charge is 0.101 e. The molecule has 86 valence electrons. The lowest BCUT2D eigenvalue weighted by molar-refractivity contribution is 0.976. The second kappa shape index (κ2) is 5.46. The highest BCUT2D eigenvalue weighted by Gasteiger charge is 2.01. The molecule has 0 spiro atoms. The van der Waals surface area contributed by atoms with Crippen molar-refractivity contribution in [1.82, 2.24) is 4.98 Å². The zero-order valence-corrected chi connectivity index (χ0v) is 10.4. The molecule has 1 heterocycles. The van der Waals surface area contributed by atoms with Crippen molar-refractivity contribution in [2.24, 2.45) is 0 Å². The van der Waals surface area contributed by atoms with Crippen LogP contribution in [0.5, 0.6) is 0 Å². The predicted octanol–water partition coefficient (Wildman–Crippen LogP) is 2.98. The second-order valence-corrected chi connectivity index (χ2v) is 4.54. The molecule has 0 saturated carbocycles. The van der Waals surface area contributed by atoms with Crippen LogP contribution in [-0.2, 0) is 6.42 Å². The summed E-state index contributed by atoms with van der Waals surface area (Å²) in [6, 6.07) is 8.06. The molecule has 0 amide bonds. The first-order chi connectivity index (χ1) is 8.29. The molecule has 4 heteroatoms. The molecule has 0 aliphatic rings. The van der Waals surface area contributed by atoms with Gasteiger partial charge in [-0.25, -0.2) is 4.98 Å². The van der Waals surface area contributed by atoms with Crippen LogP contribution in [0.1, 0.15) is 16.8 Å². The van der Waals surface area contributed by atoms with Gasteiger partial charge in [0.15, 0.2) is 0 Å². The molecular weight excluding hydrogens is 230 g/mol. The molecule has 2 aromatic rings. The highest BCUT2D eigenvalue weighted by molar-refractivity contribution is 7.07. The van der Waals surface area contributed by atoms with E-state index in [0.29, 0.717) is 5.56 Å². The molecule has 17 heavy (non-hydrogen) atoms. The minimum absolute atomic E-state index is 0.697. The van der Waals surface area contributed by atoms with Gasteiger partial charge in [0, 0.05) is 18.3 Å². The summed E-state index contributed by atoms with van der Waals surface area (Å²) in [5.41, 5.74) is 5.62. The Bertz CT molecular complexity index is 526. The molecule has 2 rings (SSSR count). The predicted molar refractivity (Wildman–Crippen MR) is 70.2 cm³/mol. The molecule has 0 saturated heterocycles. The zero-order valence-electron chi connectivity index (χ0n) is 9.60. The normalized spacial score (nSPS) is 9.88. The molecular formula is C13H13N3S. The van der Waals surface area contributed by atoms with Crippen molar-refractivity contribution in [3.63, 3.8) is 0 Å². The van der Waals surface area contributed by atoms with Crippen molar-refractivity contribution in [2.45, 2.75) is 13.3 Å². The number of aryl methyl sites for hydroxylation is 1. The van der Waals surface area contributed by atoms with Crippen molar-refractivity contribution in [3.8, 4) is 6.07 Å². The number of rotatable bonds is 4. The van der Waals surface area contributed by atoms with Crippen LogP contribution in [0.25, 0.3) is 0 Å². The summed E-state index contributed by atoms with van der Waals surface area (Å²) < 4.78 is 0. The van der Waals surface area contributed by atoms with Crippen molar-refractivity contribution in [1.29, 1.82) is 5.26 Å². The first-order valence-electron chi connectivity index (χ1n) is 5.41. The van der Waals surface area contributed by atoms with Gasteiger partial charge < -0.3 is 5.32 Å². The van der Waals surface area contributed by atoms with Crippen LogP contribution < -0.4 is 5.32 Å². The van der Waals surface area contributed by atoms with E-state index in [2.05, 4.69) is 16.4 Å². The van der Waals surface area contributed by atoms with Gasteiger partial charge in [0.25, 0.3) is 0 Å². The standard InChI is InChI=1S/C13H13N3S/c1-10-2-3-13(11(6-10)7-14)15-5-4-12-8-17-9-16-12/h2-3,6,8-9,15H,4-5H2,1H3. The van der Waals surface area contributed by atoms with Crippen LogP contribution in [0.2, 0.25) is 0 Å². The lowest BCUT2D eigenvalue weighted by Gasteiger charge is -2.07. The summed E-state index contributed by atoms with van der Waals surface area (Å²) in [4.78, 5) is 4.22. The molecule has 0 aliphatic heterocycles. The fraction of sp³-hybridized carbons (Fsp3) is 0.231. The third-order valence-electron chi connectivity index (χ3n) is 2.48. The first-order valence-corrected chi connectivity index (χ1v) is 6.35. The Balaban J connectivity index is 1.97. The molecule has 0 bridgehead atoms. The van der Waals surface area contributed by atoms with Gasteiger partial charge in [-0.2, -0.15) is 5.26 Å². The van der Waals surface area contributed by atoms with Gasteiger partial charge in [-0.1, -0.05) is 6.07 Å². The van der Waals surface area contributed by atoms with Crippen molar-refractivity contribution >= 4 is 17.0 Å². The van der Waals surface area contributed by atoms with E-state index < -0.39 is 0 Å². The Kier molecular flexibility index (Phi) is 3.73. The number of aromatic nitrogens is 1. The molecule has 0 unspecified atom stereocenters. The van der Waals surface area contributed by atoms with Gasteiger partial charge in [-0.05, 0) is 24.6 Å². The molecule has 3 nitrogen and oxygen atoms in total. The van der Waals surface area contributed by atoms with E-state index in [9.17, 15) is 0 Å². The van der Waals surface area contributed by atoms with E-state index in [1.54, 1.807) is 11.3 Å². The summed E-state index contributed by atoms with van der Waals surface area (Å²) in [6.45, 7) is 2.78. The number of nitrogens with one attached hydrogen (secondary N) is 1. The van der Waals surface area contributed by atoms with E-state index in [1.807, 2.05) is 36.0 Å². The van der Waals surface area contributed by atoms with Crippen molar-refractivity contribution in [3.05, 3.63) is 45.9 Å². The quantitative estimate of drug-likeness (QED) is 0.898. The fourth-order valence-electron chi connectivity index (χ4n) is 1.59. The Morgan fingerprint density at radius 1 is 1.47 bits per heavy atom. The molecule has 0 fully saturated rings. The molecule has 1 aromatic carbocycles. The lowest BCUT2D eigenvalue weighted by Crippen LogP contribution is -2.06. The molecule has 0 atom stereocenters. The van der Waals surface area contributed by atoms with Gasteiger partial charge in [-0.3, -0.25) is 0 Å². The zero-order chi connectivity index (χ0) is 12.1. The summed E-state index contributed by atoms with van der Waals surface area (Å²) in [7, 11) is 0. The van der Waals surface area contributed by atoms with Crippen LogP contribution in [-0.4, -0.2) is 11.5 Å². The van der Waals surface area contributed by atoms with E-state index in [4.69, 9.17) is 5.26 Å². The topological polar surface area (TPSA) is 48.7 Å². The number of hydrogen-bond acceptors (Lipinski definition) is 4. The Hall–Kier alpha value is -1.86. The molecule has 1 N–H and O–H groups in total.